The van der Waals surface area contributed by atoms with Gasteiger partial charge < -0.3 is 16.8 Å². The molecule has 0 saturated carbocycles. The van der Waals surface area contributed by atoms with Gasteiger partial charge in [-0.2, -0.15) is 0 Å². The zero-order valence-electron chi connectivity index (χ0n) is 6.26. The first kappa shape index (κ1) is 9.39. The van der Waals surface area contributed by atoms with E-state index < -0.39 is 0 Å². The van der Waals surface area contributed by atoms with Gasteiger partial charge in [-0.05, 0) is 13.0 Å². The van der Waals surface area contributed by atoms with Crippen LogP contribution in [0.5, 0.6) is 0 Å². The Morgan fingerprint density at radius 3 is 2.70 bits per heavy atom. The highest BCUT2D eigenvalue weighted by molar-refractivity contribution is 5.72. The Morgan fingerprint density at radius 2 is 2.30 bits per heavy atom. The number of hydrogen-bond donors (Lipinski definition) is 3. The number of rotatable bonds is 4. The molecular formula is C6H15N3O. The predicted molar refractivity (Wildman–Crippen MR) is 40.3 cm³/mol. The van der Waals surface area contributed by atoms with E-state index in [1.54, 1.807) is 0 Å². The third kappa shape index (κ3) is 5.53. The van der Waals surface area contributed by atoms with Crippen molar-refractivity contribution in [3.63, 3.8) is 0 Å². The van der Waals surface area contributed by atoms with E-state index in [0.717, 1.165) is 6.42 Å². The molecule has 4 nitrogen and oxygen atoms in total. The minimum atomic E-state index is -0.0486. The average Bonchev–Trinajstić information content (AvgIpc) is 1.85. The summed E-state index contributed by atoms with van der Waals surface area (Å²) < 4.78 is 0. The molecular weight excluding hydrogens is 130 g/mol. The van der Waals surface area contributed by atoms with E-state index in [0.29, 0.717) is 13.1 Å². The van der Waals surface area contributed by atoms with Crippen LogP contribution in [0.2, 0.25) is 0 Å². The Labute approximate surface area is 61.0 Å². The molecule has 0 spiro atoms. The van der Waals surface area contributed by atoms with Crippen molar-refractivity contribution in [2.75, 3.05) is 13.1 Å². The molecule has 0 heterocycles. The molecule has 0 radical (unpaired) electrons. The van der Waals surface area contributed by atoms with E-state index in [-0.39, 0.29) is 11.9 Å². The third-order valence-electron chi connectivity index (χ3n) is 1.15. The normalized spacial score (nSPS) is 12.7. The summed E-state index contributed by atoms with van der Waals surface area (Å²) in [6, 6.07) is -0.00565. The molecule has 0 aliphatic carbocycles. The fraction of sp³-hybridized carbons (Fsp3) is 0.833. The first-order valence-corrected chi connectivity index (χ1v) is 3.37. The number of nitrogens with two attached hydrogens (primary N) is 2. The van der Waals surface area contributed by atoms with Gasteiger partial charge in [-0.1, -0.05) is 0 Å². The highest BCUT2D eigenvalue weighted by Crippen LogP contribution is 1.81. The van der Waals surface area contributed by atoms with Crippen molar-refractivity contribution in [2.24, 2.45) is 11.5 Å². The summed E-state index contributed by atoms with van der Waals surface area (Å²) in [7, 11) is 0. The van der Waals surface area contributed by atoms with Crippen molar-refractivity contribution >= 4 is 5.91 Å². The van der Waals surface area contributed by atoms with Gasteiger partial charge in [0.25, 0.3) is 0 Å². The molecule has 0 unspecified atom stereocenters. The van der Waals surface area contributed by atoms with Crippen LogP contribution in [0.3, 0.4) is 0 Å². The zero-order chi connectivity index (χ0) is 7.98. The molecule has 0 aliphatic heterocycles. The lowest BCUT2D eigenvalue weighted by Crippen LogP contribution is -2.37. The molecule has 0 aromatic heterocycles. The van der Waals surface area contributed by atoms with E-state index in [2.05, 4.69) is 5.32 Å². The van der Waals surface area contributed by atoms with Crippen LogP contribution in [0.1, 0.15) is 13.3 Å². The fourth-order valence-electron chi connectivity index (χ4n) is 0.591. The Bertz CT molecular complexity index is 105. The van der Waals surface area contributed by atoms with Gasteiger partial charge in [-0.25, -0.2) is 0 Å². The van der Waals surface area contributed by atoms with Gasteiger partial charge in [0.15, 0.2) is 0 Å². The molecule has 60 valence electrons. The van der Waals surface area contributed by atoms with Crippen LogP contribution in [0.15, 0.2) is 0 Å². The van der Waals surface area contributed by atoms with Crippen LogP contribution in [0.25, 0.3) is 0 Å². The Hall–Kier alpha value is -0.610. The highest BCUT2D eigenvalue weighted by atomic mass is 16.1. The van der Waals surface area contributed by atoms with Gasteiger partial charge in [-0.3, -0.25) is 4.79 Å². The molecule has 5 N–H and O–H groups in total. The standard InChI is InChI=1S/C6H15N3O/c1-5(10)9-4-6(8)2-3-7/h6H,2-4,7-8H2,1H3,(H,9,10)/t6-/m0/s1. The lowest BCUT2D eigenvalue weighted by molar-refractivity contribution is -0.119. The second-order valence-corrected chi connectivity index (χ2v) is 2.27. The molecule has 0 aromatic carbocycles. The van der Waals surface area contributed by atoms with Gasteiger partial charge in [0.2, 0.25) is 5.91 Å². The zero-order valence-corrected chi connectivity index (χ0v) is 6.26. The van der Waals surface area contributed by atoms with Crippen LogP contribution >= 0.6 is 0 Å². The fourth-order valence-corrected chi connectivity index (χ4v) is 0.591. The van der Waals surface area contributed by atoms with Crippen molar-refractivity contribution in [3.8, 4) is 0 Å². The van der Waals surface area contributed by atoms with Crippen molar-refractivity contribution < 1.29 is 4.79 Å². The largest absolute Gasteiger partial charge is 0.355 e. The SMILES string of the molecule is CC(=O)NC[C@@H](N)CCN. The molecule has 1 amide bonds. The Morgan fingerprint density at radius 1 is 1.70 bits per heavy atom. The second-order valence-electron chi connectivity index (χ2n) is 2.27. The lowest BCUT2D eigenvalue weighted by atomic mass is 10.2. The lowest BCUT2D eigenvalue weighted by Gasteiger charge is -2.09. The first-order valence-electron chi connectivity index (χ1n) is 3.37. The van der Waals surface area contributed by atoms with Gasteiger partial charge in [0.1, 0.15) is 0 Å². The van der Waals surface area contributed by atoms with Crippen LogP contribution < -0.4 is 16.8 Å². The van der Waals surface area contributed by atoms with Crippen molar-refractivity contribution in [2.45, 2.75) is 19.4 Å². The summed E-state index contributed by atoms with van der Waals surface area (Å²) in [4.78, 5) is 10.4. The molecule has 0 bridgehead atoms. The molecule has 0 aromatic rings. The van der Waals surface area contributed by atoms with Gasteiger partial charge in [0.05, 0.1) is 0 Å². The molecule has 0 saturated heterocycles. The summed E-state index contributed by atoms with van der Waals surface area (Å²) >= 11 is 0. The number of amides is 1. The predicted octanol–water partition coefficient (Wildman–Crippen LogP) is -1.20. The summed E-state index contributed by atoms with van der Waals surface area (Å²) in [5, 5.41) is 2.61. The number of hydrogen-bond acceptors (Lipinski definition) is 3. The maximum Gasteiger partial charge on any atom is 0.216 e. The smallest absolute Gasteiger partial charge is 0.216 e. The Balaban J connectivity index is 3.21. The van der Waals surface area contributed by atoms with E-state index in [4.69, 9.17) is 11.5 Å². The maximum absolute atomic E-state index is 10.4. The third-order valence-corrected chi connectivity index (χ3v) is 1.15. The topological polar surface area (TPSA) is 81.1 Å². The van der Waals surface area contributed by atoms with Gasteiger partial charge in [-0.15, -0.1) is 0 Å². The second kappa shape index (κ2) is 5.20. The van der Waals surface area contributed by atoms with E-state index >= 15 is 0 Å². The average molecular weight is 145 g/mol. The number of nitrogens with one attached hydrogen (secondary N) is 1. The molecule has 0 fully saturated rings. The van der Waals surface area contributed by atoms with Crippen LogP contribution in [-0.4, -0.2) is 25.0 Å². The number of carbonyl (C=O) groups excluding carboxylic acids is 1. The number of carbonyl (C=O) groups is 1. The van der Waals surface area contributed by atoms with E-state index in [9.17, 15) is 4.79 Å². The highest BCUT2D eigenvalue weighted by Gasteiger charge is 1.99. The summed E-state index contributed by atoms with van der Waals surface area (Å²) in [5.41, 5.74) is 10.8. The summed E-state index contributed by atoms with van der Waals surface area (Å²) in [6.45, 7) is 2.56. The van der Waals surface area contributed by atoms with Gasteiger partial charge >= 0.3 is 0 Å². The first-order chi connectivity index (χ1) is 4.66. The molecule has 0 rings (SSSR count). The minimum absolute atomic E-state index is 0.00565. The molecule has 0 aliphatic rings. The van der Waals surface area contributed by atoms with Crippen molar-refractivity contribution in [3.05, 3.63) is 0 Å². The Kier molecular flexibility index (Phi) is 4.88. The van der Waals surface area contributed by atoms with Crippen molar-refractivity contribution in [1.29, 1.82) is 0 Å². The molecule has 1 atom stereocenters. The summed E-state index contributed by atoms with van der Waals surface area (Å²) in [5.74, 6) is -0.0486. The minimum Gasteiger partial charge on any atom is -0.355 e. The van der Waals surface area contributed by atoms with Crippen LogP contribution in [-0.2, 0) is 4.79 Å². The van der Waals surface area contributed by atoms with E-state index in [1.165, 1.54) is 6.92 Å². The van der Waals surface area contributed by atoms with Crippen LogP contribution in [0.4, 0.5) is 0 Å². The van der Waals surface area contributed by atoms with E-state index in [1.807, 2.05) is 0 Å². The summed E-state index contributed by atoms with van der Waals surface area (Å²) in [6.07, 6.45) is 0.750. The molecule has 10 heavy (non-hydrogen) atoms. The van der Waals surface area contributed by atoms with Crippen molar-refractivity contribution in [1.82, 2.24) is 5.32 Å². The molecule has 4 heteroatoms. The van der Waals surface area contributed by atoms with Crippen LogP contribution in [0, 0.1) is 0 Å². The monoisotopic (exact) mass is 145 g/mol. The van der Waals surface area contributed by atoms with Gasteiger partial charge in [0, 0.05) is 19.5 Å². The maximum atomic E-state index is 10.4. The quantitative estimate of drug-likeness (QED) is 0.464.